The first kappa shape index (κ1) is 22.2. The van der Waals surface area contributed by atoms with Crippen LogP contribution in [0.3, 0.4) is 0 Å². The summed E-state index contributed by atoms with van der Waals surface area (Å²) in [7, 11) is 0. The maximum Gasteiger partial charge on any atom is 0.269 e. The molecule has 2 aromatic heterocycles. The first-order valence-electron chi connectivity index (χ1n) is 10.4. The Morgan fingerprint density at radius 2 is 1.83 bits per heavy atom. The summed E-state index contributed by atoms with van der Waals surface area (Å²) in [5.41, 5.74) is -0.165. The third kappa shape index (κ3) is 5.53. The van der Waals surface area contributed by atoms with Gasteiger partial charge in [0.15, 0.2) is 5.78 Å². The Balaban J connectivity index is 2.04. The number of likely N-dealkylation sites (tertiary alicyclic amines) is 1. The van der Waals surface area contributed by atoms with Crippen LogP contribution in [0.25, 0.3) is 12.2 Å². The van der Waals surface area contributed by atoms with Gasteiger partial charge in [0.1, 0.15) is 11.2 Å². The molecule has 3 rings (SSSR count). The standard InChI is InChI=1S/C23H29N3O3S/c1-23(2,3)19(27)15-21-26(16-20(28)25-12-8-4-5-9-13-25)22(29)18(30-21)14-17-10-6-7-11-24-17/h6-7,10-11,14-15H,4-5,8-9,12-13,16H2,1-3H3/b18-14-,21-15-. The van der Waals surface area contributed by atoms with Crippen molar-refractivity contribution in [1.29, 1.82) is 0 Å². The fraction of sp³-hybridized carbons (Fsp3) is 0.478. The molecular formula is C23H29N3O3S. The van der Waals surface area contributed by atoms with Crippen LogP contribution in [0.5, 0.6) is 0 Å². The first-order chi connectivity index (χ1) is 14.3. The number of carbonyl (C=O) groups is 2. The van der Waals surface area contributed by atoms with Gasteiger partial charge in [-0.2, -0.15) is 0 Å². The summed E-state index contributed by atoms with van der Waals surface area (Å²) in [6.45, 7) is 6.92. The summed E-state index contributed by atoms with van der Waals surface area (Å²) in [6, 6.07) is 5.48. The zero-order valence-corrected chi connectivity index (χ0v) is 18.7. The van der Waals surface area contributed by atoms with Crippen LogP contribution in [-0.2, 0) is 16.1 Å². The van der Waals surface area contributed by atoms with Crippen molar-refractivity contribution in [2.24, 2.45) is 5.41 Å². The molecule has 0 atom stereocenters. The third-order valence-electron chi connectivity index (χ3n) is 5.15. The van der Waals surface area contributed by atoms with Crippen molar-refractivity contribution < 1.29 is 9.59 Å². The first-order valence-corrected chi connectivity index (χ1v) is 11.2. The van der Waals surface area contributed by atoms with Gasteiger partial charge in [-0.15, -0.1) is 11.3 Å². The van der Waals surface area contributed by atoms with Crippen LogP contribution in [-0.4, -0.2) is 39.2 Å². The molecule has 2 aromatic rings. The zero-order valence-electron chi connectivity index (χ0n) is 17.9. The molecule has 0 saturated carbocycles. The quantitative estimate of drug-likeness (QED) is 0.748. The van der Waals surface area contributed by atoms with Gasteiger partial charge in [-0.25, -0.2) is 0 Å². The van der Waals surface area contributed by atoms with E-state index in [2.05, 4.69) is 4.98 Å². The number of hydrogen-bond donors (Lipinski definition) is 0. The van der Waals surface area contributed by atoms with E-state index >= 15 is 0 Å². The second-order valence-electron chi connectivity index (χ2n) is 8.65. The molecule has 1 saturated heterocycles. The Labute approximate surface area is 180 Å². The summed E-state index contributed by atoms with van der Waals surface area (Å²) >= 11 is 1.23. The van der Waals surface area contributed by atoms with Crippen LogP contribution in [0.15, 0.2) is 29.2 Å². The predicted molar refractivity (Wildman–Crippen MR) is 120 cm³/mol. The molecule has 1 fully saturated rings. The Bertz CT molecular complexity index is 1070. The smallest absolute Gasteiger partial charge is 0.269 e. The van der Waals surface area contributed by atoms with Crippen molar-refractivity contribution in [3.05, 3.63) is 49.6 Å². The van der Waals surface area contributed by atoms with Crippen LogP contribution in [0, 0.1) is 5.41 Å². The lowest BCUT2D eigenvalue weighted by Gasteiger charge is -2.20. The molecule has 6 nitrogen and oxygen atoms in total. The molecule has 0 bridgehead atoms. The van der Waals surface area contributed by atoms with Gasteiger partial charge in [0.05, 0.1) is 10.2 Å². The summed E-state index contributed by atoms with van der Waals surface area (Å²) in [5, 5.41) is 0. The highest BCUT2D eigenvalue weighted by atomic mass is 32.1. The van der Waals surface area contributed by atoms with Gasteiger partial charge in [-0.05, 0) is 31.1 Å². The molecule has 0 aromatic carbocycles. The lowest BCUT2D eigenvalue weighted by Crippen LogP contribution is -2.41. The number of carbonyl (C=O) groups excluding carboxylic acids is 2. The molecule has 0 aliphatic carbocycles. The molecule has 0 radical (unpaired) electrons. The molecule has 1 aliphatic heterocycles. The largest absolute Gasteiger partial charge is 0.341 e. The maximum atomic E-state index is 13.1. The maximum absolute atomic E-state index is 13.1. The molecule has 0 N–H and O–H groups in total. The van der Waals surface area contributed by atoms with E-state index in [0.29, 0.717) is 14.9 Å². The van der Waals surface area contributed by atoms with E-state index in [1.807, 2.05) is 43.9 Å². The van der Waals surface area contributed by atoms with E-state index in [9.17, 15) is 14.4 Å². The number of Topliss-reactive ketones (excluding diaryl/α,β-unsaturated/α-hetero) is 1. The van der Waals surface area contributed by atoms with Crippen molar-refractivity contribution >= 4 is 35.2 Å². The number of hydrogen-bond acceptors (Lipinski definition) is 5. The Hall–Kier alpha value is -2.54. The van der Waals surface area contributed by atoms with Crippen molar-refractivity contribution in [2.75, 3.05) is 13.1 Å². The van der Waals surface area contributed by atoms with Crippen molar-refractivity contribution in [1.82, 2.24) is 14.5 Å². The van der Waals surface area contributed by atoms with Gasteiger partial charge in [0, 0.05) is 30.8 Å². The van der Waals surface area contributed by atoms with Gasteiger partial charge < -0.3 is 4.90 Å². The van der Waals surface area contributed by atoms with Gasteiger partial charge in [-0.3, -0.25) is 23.9 Å². The SMILES string of the molecule is CC(C)(C)C(=O)/C=c1\s/c(=C\c2ccccn2)c(=O)n1CC(=O)N1CCCCCC1. The number of thiazole rings is 1. The number of aromatic nitrogens is 2. The van der Waals surface area contributed by atoms with Crippen LogP contribution < -0.4 is 14.8 Å². The van der Waals surface area contributed by atoms with Crippen LogP contribution >= 0.6 is 11.3 Å². The molecule has 1 amide bonds. The van der Waals surface area contributed by atoms with Crippen LogP contribution in [0.4, 0.5) is 0 Å². The monoisotopic (exact) mass is 427 g/mol. The highest BCUT2D eigenvalue weighted by molar-refractivity contribution is 7.07. The van der Waals surface area contributed by atoms with E-state index in [4.69, 9.17) is 0 Å². The molecule has 0 spiro atoms. The van der Waals surface area contributed by atoms with Gasteiger partial charge in [0.2, 0.25) is 5.91 Å². The van der Waals surface area contributed by atoms with Crippen molar-refractivity contribution in [3.63, 3.8) is 0 Å². The highest BCUT2D eigenvalue weighted by Gasteiger charge is 2.21. The number of rotatable bonds is 4. The van der Waals surface area contributed by atoms with Crippen molar-refractivity contribution in [2.45, 2.75) is 53.0 Å². The Morgan fingerprint density at radius 1 is 1.13 bits per heavy atom. The van der Waals surface area contributed by atoms with E-state index < -0.39 is 5.41 Å². The third-order valence-corrected chi connectivity index (χ3v) is 6.21. The van der Waals surface area contributed by atoms with E-state index in [1.54, 1.807) is 12.3 Å². The molecule has 160 valence electrons. The second kappa shape index (κ2) is 9.51. The normalized spacial score (nSPS) is 16.6. The lowest BCUT2D eigenvalue weighted by molar-refractivity contribution is -0.131. The van der Waals surface area contributed by atoms with Gasteiger partial charge in [0.25, 0.3) is 5.56 Å². The van der Waals surface area contributed by atoms with Gasteiger partial charge >= 0.3 is 0 Å². The highest BCUT2D eigenvalue weighted by Crippen LogP contribution is 2.15. The molecule has 3 heterocycles. The summed E-state index contributed by atoms with van der Waals surface area (Å²) in [5.74, 6) is -0.150. The second-order valence-corrected chi connectivity index (χ2v) is 9.71. The topological polar surface area (TPSA) is 72.3 Å². The van der Waals surface area contributed by atoms with E-state index in [-0.39, 0.29) is 23.8 Å². The minimum atomic E-state index is -0.565. The minimum Gasteiger partial charge on any atom is -0.341 e. The predicted octanol–water partition coefficient (Wildman–Crippen LogP) is 1.93. The average Bonchev–Trinajstić information content (AvgIpc) is 2.90. The molecule has 1 aliphatic rings. The Kier molecular flexibility index (Phi) is 7.02. The van der Waals surface area contributed by atoms with Gasteiger partial charge in [-0.1, -0.05) is 39.7 Å². The van der Waals surface area contributed by atoms with E-state index in [1.165, 1.54) is 22.0 Å². The van der Waals surface area contributed by atoms with Crippen molar-refractivity contribution in [3.8, 4) is 0 Å². The fourth-order valence-corrected chi connectivity index (χ4v) is 4.30. The minimum absolute atomic E-state index is 0.0470. The lowest BCUT2D eigenvalue weighted by atomic mass is 9.91. The summed E-state index contributed by atoms with van der Waals surface area (Å²) in [4.78, 5) is 44.8. The fourth-order valence-electron chi connectivity index (χ4n) is 3.27. The van der Waals surface area contributed by atoms with Crippen LogP contribution in [0.2, 0.25) is 0 Å². The number of ketones is 1. The average molecular weight is 428 g/mol. The summed E-state index contributed by atoms with van der Waals surface area (Å²) in [6.07, 6.45) is 9.11. The van der Waals surface area contributed by atoms with Crippen LogP contribution in [0.1, 0.15) is 52.1 Å². The molecule has 7 heteroatoms. The zero-order chi connectivity index (χ0) is 21.7. The molecule has 30 heavy (non-hydrogen) atoms. The molecule has 0 unspecified atom stereocenters. The number of nitrogens with zero attached hydrogens (tertiary/aromatic N) is 3. The number of amides is 1. The summed E-state index contributed by atoms with van der Waals surface area (Å²) < 4.78 is 2.41. The Morgan fingerprint density at radius 3 is 2.43 bits per heavy atom. The number of pyridine rings is 1. The van der Waals surface area contributed by atoms with E-state index in [0.717, 1.165) is 38.8 Å². The molecular weight excluding hydrogens is 398 g/mol.